The van der Waals surface area contributed by atoms with Gasteiger partial charge in [-0.3, -0.25) is 4.98 Å². The highest BCUT2D eigenvalue weighted by Crippen LogP contribution is 2.32. The van der Waals surface area contributed by atoms with Crippen molar-refractivity contribution >= 4 is 0 Å². The average molecular weight is 204 g/mol. The van der Waals surface area contributed by atoms with Crippen LogP contribution in [0.2, 0.25) is 0 Å². The molecule has 1 aliphatic rings. The molecule has 1 fully saturated rings. The molecule has 1 heterocycles. The van der Waals surface area contributed by atoms with Gasteiger partial charge in [0, 0.05) is 12.2 Å². The molecule has 1 aromatic rings. The van der Waals surface area contributed by atoms with Crippen LogP contribution >= 0.6 is 0 Å². The van der Waals surface area contributed by atoms with Gasteiger partial charge in [0.15, 0.2) is 0 Å². The van der Waals surface area contributed by atoms with Gasteiger partial charge >= 0.3 is 0 Å². The molecule has 0 radical (unpaired) electrons. The molecule has 0 aliphatic heterocycles. The van der Waals surface area contributed by atoms with E-state index < -0.39 is 0 Å². The van der Waals surface area contributed by atoms with Gasteiger partial charge in [-0.15, -0.1) is 0 Å². The van der Waals surface area contributed by atoms with Crippen LogP contribution in [-0.2, 0) is 0 Å². The van der Waals surface area contributed by atoms with Crippen LogP contribution in [0, 0.1) is 12.8 Å². The minimum atomic E-state index is 0.134. The molecule has 2 rings (SSSR count). The summed E-state index contributed by atoms with van der Waals surface area (Å²) >= 11 is 0. The molecule has 0 aromatic carbocycles. The average Bonchev–Trinajstić information content (AvgIpc) is 2.71. The van der Waals surface area contributed by atoms with Gasteiger partial charge in [0.05, 0.1) is 5.69 Å². The van der Waals surface area contributed by atoms with E-state index >= 15 is 0 Å². The van der Waals surface area contributed by atoms with Gasteiger partial charge in [-0.05, 0) is 30.9 Å². The smallest absolute Gasteiger partial charge is 0.0600 e. The summed E-state index contributed by atoms with van der Waals surface area (Å²) in [6.07, 6.45) is 8.45. The van der Waals surface area contributed by atoms with Gasteiger partial charge in [-0.25, -0.2) is 0 Å². The van der Waals surface area contributed by atoms with Gasteiger partial charge in [-0.1, -0.05) is 31.7 Å². The lowest BCUT2D eigenvalue weighted by Crippen LogP contribution is -2.16. The third-order valence-electron chi connectivity index (χ3n) is 3.46. The Hall–Kier alpha value is -0.890. The molecule has 1 aromatic heterocycles. The summed E-state index contributed by atoms with van der Waals surface area (Å²) in [6, 6.07) is 4.20. The Bertz CT molecular complexity index is 316. The minimum Gasteiger partial charge on any atom is -0.323 e. The van der Waals surface area contributed by atoms with Gasteiger partial charge in [0.1, 0.15) is 0 Å². The number of hydrogen-bond donors (Lipinski definition) is 1. The van der Waals surface area contributed by atoms with Gasteiger partial charge in [0.2, 0.25) is 0 Å². The molecule has 0 bridgehead atoms. The van der Waals surface area contributed by atoms with Crippen LogP contribution in [0.5, 0.6) is 0 Å². The third-order valence-corrected chi connectivity index (χ3v) is 3.46. The maximum absolute atomic E-state index is 6.21. The normalized spacial score (nSPS) is 19.3. The summed E-state index contributed by atoms with van der Waals surface area (Å²) in [5.74, 6) is 0.835. The zero-order chi connectivity index (χ0) is 10.7. The first kappa shape index (κ1) is 10.6. The molecule has 1 saturated carbocycles. The summed E-state index contributed by atoms with van der Waals surface area (Å²) in [6.45, 7) is 2.09. The van der Waals surface area contributed by atoms with Gasteiger partial charge < -0.3 is 5.73 Å². The highest BCUT2D eigenvalue weighted by molar-refractivity contribution is 5.20. The zero-order valence-corrected chi connectivity index (χ0v) is 9.45. The Morgan fingerprint density at radius 1 is 1.47 bits per heavy atom. The molecule has 0 amide bonds. The van der Waals surface area contributed by atoms with Crippen LogP contribution in [0.4, 0.5) is 0 Å². The Morgan fingerprint density at radius 2 is 2.20 bits per heavy atom. The fourth-order valence-electron chi connectivity index (χ4n) is 2.60. The Balaban J connectivity index is 2.00. The summed E-state index contributed by atoms with van der Waals surface area (Å²) < 4.78 is 0. The van der Waals surface area contributed by atoms with Crippen LogP contribution in [-0.4, -0.2) is 4.98 Å². The number of aryl methyl sites for hydroxylation is 1. The van der Waals surface area contributed by atoms with Crippen LogP contribution in [0.15, 0.2) is 18.3 Å². The maximum Gasteiger partial charge on any atom is 0.0600 e. The van der Waals surface area contributed by atoms with E-state index in [-0.39, 0.29) is 6.04 Å². The molecule has 82 valence electrons. The van der Waals surface area contributed by atoms with Crippen LogP contribution in [0.3, 0.4) is 0 Å². The second-order valence-corrected chi connectivity index (χ2v) is 4.70. The van der Waals surface area contributed by atoms with Gasteiger partial charge in [0.25, 0.3) is 0 Å². The topological polar surface area (TPSA) is 38.9 Å². The van der Waals surface area contributed by atoms with Crippen molar-refractivity contribution in [2.24, 2.45) is 11.7 Å². The summed E-state index contributed by atoms with van der Waals surface area (Å²) in [4.78, 5) is 4.40. The number of rotatable bonds is 3. The molecular formula is C13H20N2. The number of aromatic nitrogens is 1. The van der Waals surface area contributed by atoms with E-state index in [0.717, 1.165) is 18.0 Å². The molecule has 1 unspecified atom stereocenters. The van der Waals surface area contributed by atoms with Crippen molar-refractivity contribution in [3.05, 3.63) is 29.6 Å². The molecular weight excluding hydrogens is 184 g/mol. The number of nitrogens with zero attached hydrogens (tertiary/aromatic N) is 1. The van der Waals surface area contributed by atoms with E-state index in [1.807, 2.05) is 12.3 Å². The van der Waals surface area contributed by atoms with Crippen molar-refractivity contribution in [1.82, 2.24) is 4.98 Å². The highest BCUT2D eigenvalue weighted by Gasteiger charge is 2.20. The van der Waals surface area contributed by atoms with Crippen LogP contribution < -0.4 is 5.73 Å². The fraction of sp³-hybridized carbons (Fsp3) is 0.615. The van der Waals surface area contributed by atoms with E-state index in [1.165, 1.54) is 31.2 Å². The fourth-order valence-corrected chi connectivity index (χ4v) is 2.60. The lowest BCUT2D eigenvalue weighted by atomic mass is 9.95. The second-order valence-electron chi connectivity index (χ2n) is 4.70. The largest absolute Gasteiger partial charge is 0.323 e. The SMILES string of the molecule is Cc1cccnc1C(N)CC1CCCC1. The second kappa shape index (κ2) is 4.75. The Kier molecular flexibility index (Phi) is 3.37. The predicted molar refractivity (Wildman–Crippen MR) is 62.5 cm³/mol. The molecule has 2 heteroatoms. The lowest BCUT2D eigenvalue weighted by Gasteiger charge is -2.17. The van der Waals surface area contributed by atoms with Crippen molar-refractivity contribution in [1.29, 1.82) is 0 Å². The lowest BCUT2D eigenvalue weighted by molar-refractivity contribution is 0.445. The summed E-state index contributed by atoms with van der Waals surface area (Å²) in [7, 11) is 0. The molecule has 15 heavy (non-hydrogen) atoms. The van der Waals surface area contributed by atoms with E-state index in [1.54, 1.807) is 0 Å². The monoisotopic (exact) mass is 204 g/mol. The van der Waals surface area contributed by atoms with Crippen molar-refractivity contribution in [2.45, 2.75) is 45.1 Å². The first-order valence-corrected chi connectivity index (χ1v) is 5.94. The first-order chi connectivity index (χ1) is 7.27. The quantitative estimate of drug-likeness (QED) is 0.822. The minimum absolute atomic E-state index is 0.134. The van der Waals surface area contributed by atoms with E-state index in [2.05, 4.69) is 18.0 Å². The Morgan fingerprint density at radius 3 is 2.87 bits per heavy atom. The van der Waals surface area contributed by atoms with Crippen molar-refractivity contribution < 1.29 is 0 Å². The van der Waals surface area contributed by atoms with E-state index in [9.17, 15) is 0 Å². The van der Waals surface area contributed by atoms with Crippen molar-refractivity contribution in [3.63, 3.8) is 0 Å². The third kappa shape index (κ3) is 2.57. The summed E-state index contributed by atoms with van der Waals surface area (Å²) in [5.41, 5.74) is 8.53. The number of pyridine rings is 1. The number of nitrogens with two attached hydrogens (primary N) is 1. The van der Waals surface area contributed by atoms with Gasteiger partial charge in [-0.2, -0.15) is 0 Å². The molecule has 2 nitrogen and oxygen atoms in total. The first-order valence-electron chi connectivity index (χ1n) is 5.94. The number of hydrogen-bond acceptors (Lipinski definition) is 2. The van der Waals surface area contributed by atoms with Crippen molar-refractivity contribution in [3.8, 4) is 0 Å². The molecule has 0 spiro atoms. The standard InChI is InChI=1S/C13H20N2/c1-10-5-4-8-15-13(10)12(14)9-11-6-2-3-7-11/h4-5,8,11-12H,2-3,6-7,9,14H2,1H3. The maximum atomic E-state index is 6.21. The Labute approximate surface area is 91.9 Å². The van der Waals surface area contributed by atoms with E-state index in [4.69, 9.17) is 5.73 Å². The molecule has 2 N–H and O–H groups in total. The molecule has 1 atom stereocenters. The van der Waals surface area contributed by atoms with Crippen molar-refractivity contribution in [2.75, 3.05) is 0 Å². The van der Waals surface area contributed by atoms with E-state index in [0.29, 0.717) is 0 Å². The van der Waals surface area contributed by atoms with Crippen LogP contribution in [0.25, 0.3) is 0 Å². The predicted octanol–water partition coefficient (Wildman–Crippen LogP) is 2.97. The molecule has 0 saturated heterocycles. The highest BCUT2D eigenvalue weighted by atomic mass is 14.8. The zero-order valence-electron chi connectivity index (χ0n) is 9.45. The summed E-state index contributed by atoms with van der Waals surface area (Å²) in [5, 5.41) is 0. The molecule has 1 aliphatic carbocycles. The van der Waals surface area contributed by atoms with Crippen LogP contribution in [0.1, 0.15) is 49.4 Å².